The molecule has 0 bridgehead atoms. The maximum atomic E-state index is 2.30. The van der Waals surface area contributed by atoms with Crippen LogP contribution in [0.3, 0.4) is 0 Å². The molecule has 0 atom stereocenters. The van der Waals surface area contributed by atoms with E-state index in [4.69, 9.17) is 0 Å². The molecule has 0 aliphatic rings. The van der Waals surface area contributed by atoms with Crippen molar-refractivity contribution in [3.05, 3.63) is 84.9 Å². The standard InChI is InChI=1S/2C10H7.Mo/c2*1-2-6-10-8-4-3-7-9(10)5-1;/h2*1-7H;. The van der Waals surface area contributed by atoms with Crippen molar-refractivity contribution in [2.75, 3.05) is 0 Å². The van der Waals surface area contributed by atoms with E-state index in [0.29, 0.717) is 0 Å². The van der Waals surface area contributed by atoms with E-state index in [0.717, 1.165) is 0 Å². The third-order valence-electron chi connectivity index (χ3n) is 3.72. The van der Waals surface area contributed by atoms with Gasteiger partial charge in [-0.1, -0.05) is 0 Å². The Morgan fingerprint density at radius 1 is 0.429 bits per heavy atom. The second kappa shape index (κ2) is 5.47. The Morgan fingerprint density at radius 2 is 0.857 bits per heavy atom. The molecule has 4 aromatic carbocycles. The summed E-state index contributed by atoms with van der Waals surface area (Å²) in [5.74, 6) is 0. The van der Waals surface area contributed by atoms with Crippen LogP contribution in [-0.2, 0) is 18.6 Å². The van der Waals surface area contributed by atoms with E-state index >= 15 is 0 Å². The molecule has 0 unspecified atom stereocenters. The average molecular weight is 350 g/mol. The Hall–Kier alpha value is -1.91. The van der Waals surface area contributed by atoms with Crippen molar-refractivity contribution in [3.63, 3.8) is 0 Å². The number of benzene rings is 4. The van der Waals surface area contributed by atoms with Crippen molar-refractivity contribution in [1.82, 2.24) is 0 Å². The zero-order valence-electron chi connectivity index (χ0n) is 11.5. The Morgan fingerprint density at radius 3 is 1.38 bits per heavy atom. The van der Waals surface area contributed by atoms with Crippen LogP contribution in [0, 0.1) is 0 Å². The van der Waals surface area contributed by atoms with Crippen LogP contribution in [0.1, 0.15) is 0 Å². The van der Waals surface area contributed by atoms with E-state index in [9.17, 15) is 0 Å². The van der Waals surface area contributed by atoms with Crippen LogP contribution in [-0.4, -0.2) is 0 Å². The summed E-state index contributed by atoms with van der Waals surface area (Å²) in [6.45, 7) is 0. The monoisotopic (exact) mass is 352 g/mol. The molecule has 0 spiro atoms. The molecule has 0 saturated carbocycles. The van der Waals surface area contributed by atoms with Crippen LogP contribution < -0.4 is 7.91 Å². The van der Waals surface area contributed by atoms with Gasteiger partial charge in [0.1, 0.15) is 0 Å². The van der Waals surface area contributed by atoms with Gasteiger partial charge in [-0.25, -0.2) is 0 Å². The summed E-state index contributed by atoms with van der Waals surface area (Å²) in [7, 11) is 0. The molecule has 0 aromatic heterocycles. The molecule has 0 saturated heterocycles. The Bertz CT molecular complexity index is 837. The molecule has 4 aromatic rings. The van der Waals surface area contributed by atoms with Crippen LogP contribution in [0.4, 0.5) is 0 Å². The third kappa shape index (κ3) is 2.41. The molecule has 0 nitrogen and oxygen atoms in total. The van der Waals surface area contributed by atoms with Crippen molar-refractivity contribution in [3.8, 4) is 0 Å². The van der Waals surface area contributed by atoms with Crippen molar-refractivity contribution in [2.45, 2.75) is 0 Å². The van der Waals surface area contributed by atoms with Gasteiger partial charge >= 0.3 is 133 Å². The van der Waals surface area contributed by atoms with Gasteiger partial charge in [0, 0.05) is 0 Å². The van der Waals surface area contributed by atoms with Crippen molar-refractivity contribution in [2.24, 2.45) is 0 Å². The van der Waals surface area contributed by atoms with Crippen LogP contribution in [0.5, 0.6) is 0 Å². The second-order valence-corrected chi connectivity index (χ2v) is 7.72. The summed E-state index contributed by atoms with van der Waals surface area (Å²) in [4.78, 5) is 0. The molecule has 0 radical (unpaired) electrons. The summed E-state index contributed by atoms with van der Waals surface area (Å²) in [6.07, 6.45) is 0. The molecule has 0 heterocycles. The van der Waals surface area contributed by atoms with Crippen LogP contribution in [0.15, 0.2) is 84.9 Å². The normalized spacial score (nSPS) is 11.0. The van der Waals surface area contributed by atoms with Crippen LogP contribution in [0.2, 0.25) is 0 Å². The van der Waals surface area contributed by atoms with E-state index < -0.39 is 0 Å². The van der Waals surface area contributed by atoms with Crippen molar-refractivity contribution in [1.29, 1.82) is 0 Å². The molecule has 0 N–H and O–H groups in total. The van der Waals surface area contributed by atoms with Crippen molar-refractivity contribution >= 4 is 29.5 Å². The summed E-state index contributed by atoms with van der Waals surface area (Å²) in [6, 6.07) is 30.8. The first-order valence-corrected chi connectivity index (χ1v) is 9.06. The molecule has 0 fully saturated rings. The zero-order valence-corrected chi connectivity index (χ0v) is 13.5. The summed E-state index contributed by atoms with van der Waals surface area (Å²) in [5, 5.41) is 5.52. The van der Waals surface area contributed by atoms with Gasteiger partial charge < -0.3 is 0 Å². The third-order valence-corrected chi connectivity index (χ3v) is 6.55. The fraction of sp³-hybridized carbons (Fsp3) is 0. The van der Waals surface area contributed by atoms with E-state index in [1.54, 1.807) is 0 Å². The topological polar surface area (TPSA) is 0 Å². The fourth-order valence-electron chi connectivity index (χ4n) is 2.69. The van der Waals surface area contributed by atoms with Gasteiger partial charge in [-0.3, -0.25) is 0 Å². The molecule has 100 valence electrons. The number of hydrogen-bond donors (Lipinski definition) is 0. The van der Waals surface area contributed by atoms with E-state index in [1.807, 2.05) is 0 Å². The van der Waals surface area contributed by atoms with E-state index in [-0.39, 0.29) is 18.6 Å². The fourth-order valence-corrected chi connectivity index (χ4v) is 5.45. The first-order valence-electron chi connectivity index (χ1n) is 7.05. The number of rotatable bonds is 2. The first kappa shape index (κ1) is 12.8. The van der Waals surface area contributed by atoms with Gasteiger partial charge in [0.05, 0.1) is 0 Å². The Balaban J connectivity index is 1.87. The predicted molar refractivity (Wildman–Crippen MR) is 87.2 cm³/mol. The quantitative estimate of drug-likeness (QED) is 0.479. The molecule has 0 aliphatic heterocycles. The Kier molecular flexibility index (Phi) is 3.33. The summed E-state index contributed by atoms with van der Waals surface area (Å²) < 4.78 is 3.05. The maximum absolute atomic E-state index is 2.30. The molecule has 4 rings (SSSR count). The first-order chi connectivity index (χ1) is 10.4. The average Bonchev–Trinajstić information content (AvgIpc) is 2.56. The van der Waals surface area contributed by atoms with Gasteiger partial charge in [-0.2, -0.15) is 0 Å². The van der Waals surface area contributed by atoms with Gasteiger partial charge in [-0.15, -0.1) is 0 Å². The Labute approximate surface area is 133 Å². The van der Waals surface area contributed by atoms with E-state index in [2.05, 4.69) is 84.9 Å². The van der Waals surface area contributed by atoms with Gasteiger partial charge in [0.25, 0.3) is 0 Å². The minimum absolute atomic E-state index is 0.385. The van der Waals surface area contributed by atoms with Crippen LogP contribution in [0.25, 0.3) is 21.5 Å². The second-order valence-electron chi connectivity index (χ2n) is 5.06. The van der Waals surface area contributed by atoms with Crippen LogP contribution >= 0.6 is 0 Å². The zero-order chi connectivity index (χ0) is 14.1. The molecule has 0 aliphatic carbocycles. The minimum atomic E-state index is -0.385. The van der Waals surface area contributed by atoms with Gasteiger partial charge in [0.15, 0.2) is 0 Å². The van der Waals surface area contributed by atoms with E-state index in [1.165, 1.54) is 29.5 Å². The number of hydrogen-bond acceptors (Lipinski definition) is 0. The number of fused-ring (bicyclic) bond motifs is 2. The summed E-state index contributed by atoms with van der Waals surface area (Å²) in [5.41, 5.74) is 0. The van der Waals surface area contributed by atoms with Crippen molar-refractivity contribution < 1.29 is 18.6 Å². The molecular formula is C20H14Mo. The molecular weight excluding hydrogens is 336 g/mol. The molecule has 0 amide bonds. The van der Waals surface area contributed by atoms with Gasteiger partial charge in [0.2, 0.25) is 0 Å². The summed E-state index contributed by atoms with van der Waals surface area (Å²) >= 11 is -0.385. The molecule has 1 heteroatoms. The molecule has 21 heavy (non-hydrogen) atoms. The SMILES string of the molecule is c1ccc2[c]([Mo][c]3cccc4ccccc34)cccc2c1. The van der Waals surface area contributed by atoms with Gasteiger partial charge in [-0.05, 0) is 0 Å². The predicted octanol–water partition coefficient (Wildman–Crippen LogP) is 4.03.